The highest BCUT2D eigenvalue weighted by Crippen LogP contribution is 2.30. The number of rotatable bonds is 5. The van der Waals surface area contributed by atoms with E-state index in [0.29, 0.717) is 23.8 Å². The van der Waals surface area contributed by atoms with Crippen LogP contribution in [0, 0.1) is 0 Å². The molecule has 3 N–H and O–H groups in total. The number of aliphatic hydroxyl groups excluding tert-OH is 1. The third kappa shape index (κ3) is 3.11. The van der Waals surface area contributed by atoms with Gasteiger partial charge in [-0.2, -0.15) is 0 Å². The number of halogens is 1. The molecule has 90 valence electrons. The van der Waals surface area contributed by atoms with Crippen molar-refractivity contribution in [2.24, 2.45) is 5.73 Å². The Kier molecular flexibility index (Phi) is 4.59. The molecule has 0 saturated heterocycles. The Morgan fingerprint density at radius 2 is 2.19 bits per heavy atom. The molecule has 0 fully saturated rings. The zero-order chi connectivity index (χ0) is 12.2. The van der Waals surface area contributed by atoms with Gasteiger partial charge in [0.1, 0.15) is 5.75 Å². The van der Waals surface area contributed by atoms with E-state index in [1.54, 1.807) is 6.07 Å². The zero-order valence-electron chi connectivity index (χ0n) is 9.66. The molecule has 16 heavy (non-hydrogen) atoms. The normalized spacial score (nSPS) is 14.6. The summed E-state index contributed by atoms with van der Waals surface area (Å²) < 4.78 is 5.34. The van der Waals surface area contributed by atoms with Gasteiger partial charge >= 0.3 is 0 Å². The second kappa shape index (κ2) is 5.53. The minimum atomic E-state index is -0.566. The van der Waals surface area contributed by atoms with E-state index in [4.69, 9.17) is 27.2 Å². The minimum absolute atomic E-state index is 0.0534. The van der Waals surface area contributed by atoms with Crippen molar-refractivity contribution in [1.29, 1.82) is 0 Å². The smallest absolute Gasteiger partial charge is 0.137 e. The second-order valence-corrected chi connectivity index (χ2v) is 4.38. The number of hydrogen-bond donors (Lipinski definition) is 2. The first-order chi connectivity index (χ1) is 7.51. The third-order valence-corrected chi connectivity index (χ3v) is 2.82. The first kappa shape index (κ1) is 13.3. The summed E-state index contributed by atoms with van der Waals surface area (Å²) in [6, 6.07) is 5.48. The molecule has 0 saturated carbocycles. The summed E-state index contributed by atoms with van der Waals surface area (Å²) in [6.45, 7) is 4.41. The zero-order valence-corrected chi connectivity index (χ0v) is 10.4. The topological polar surface area (TPSA) is 55.5 Å². The molecule has 1 aromatic carbocycles. The summed E-state index contributed by atoms with van der Waals surface area (Å²) in [6.07, 6.45) is 0.497. The van der Waals surface area contributed by atoms with E-state index < -0.39 is 5.54 Å². The summed E-state index contributed by atoms with van der Waals surface area (Å²) >= 11 is 6.07. The van der Waals surface area contributed by atoms with Gasteiger partial charge in [-0.1, -0.05) is 17.7 Å². The van der Waals surface area contributed by atoms with Crippen LogP contribution in [0.2, 0.25) is 5.02 Å². The number of ether oxygens (including phenoxy) is 1. The summed E-state index contributed by atoms with van der Waals surface area (Å²) in [5.74, 6) is 0.660. The van der Waals surface area contributed by atoms with Crippen molar-refractivity contribution in [3.05, 3.63) is 28.8 Å². The summed E-state index contributed by atoms with van der Waals surface area (Å²) in [7, 11) is 0. The van der Waals surface area contributed by atoms with Crippen molar-refractivity contribution in [2.45, 2.75) is 25.8 Å². The summed E-state index contributed by atoms with van der Waals surface area (Å²) in [5, 5.41) is 9.48. The molecule has 1 rings (SSSR count). The Labute approximate surface area is 101 Å². The van der Waals surface area contributed by atoms with Gasteiger partial charge in [-0.25, -0.2) is 0 Å². The molecule has 3 nitrogen and oxygen atoms in total. The van der Waals surface area contributed by atoms with Crippen LogP contribution in [-0.4, -0.2) is 18.3 Å². The van der Waals surface area contributed by atoms with Crippen molar-refractivity contribution >= 4 is 11.6 Å². The molecular weight excluding hydrogens is 226 g/mol. The summed E-state index contributed by atoms with van der Waals surface area (Å²) in [4.78, 5) is 0. The quantitative estimate of drug-likeness (QED) is 0.834. The highest BCUT2D eigenvalue weighted by Gasteiger charge is 2.21. The van der Waals surface area contributed by atoms with Crippen LogP contribution in [0.1, 0.15) is 25.8 Å². The van der Waals surface area contributed by atoms with Crippen LogP contribution in [-0.2, 0) is 5.54 Å². The maximum Gasteiger partial charge on any atom is 0.137 e. The van der Waals surface area contributed by atoms with Crippen LogP contribution in [0.4, 0.5) is 0 Å². The Morgan fingerprint density at radius 3 is 2.69 bits per heavy atom. The highest BCUT2D eigenvalue weighted by atomic mass is 35.5. The Bertz CT molecular complexity index is 353. The minimum Gasteiger partial charge on any atom is -0.492 e. The molecule has 0 spiro atoms. The van der Waals surface area contributed by atoms with Crippen molar-refractivity contribution in [2.75, 3.05) is 13.2 Å². The van der Waals surface area contributed by atoms with Crippen molar-refractivity contribution < 1.29 is 9.84 Å². The van der Waals surface area contributed by atoms with E-state index in [1.807, 2.05) is 26.0 Å². The molecule has 1 atom stereocenters. The van der Waals surface area contributed by atoms with Gasteiger partial charge in [0, 0.05) is 12.1 Å². The Hall–Kier alpha value is -0.770. The van der Waals surface area contributed by atoms with Gasteiger partial charge in [-0.3, -0.25) is 0 Å². The first-order valence-electron chi connectivity index (χ1n) is 5.34. The van der Waals surface area contributed by atoms with Crippen molar-refractivity contribution in [1.82, 2.24) is 0 Å². The van der Waals surface area contributed by atoms with Gasteiger partial charge in [0.15, 0.2) is 0 Å². The molecule has 0 heterocycles. The van der Waals surface area contributed by atoms with Crippen LogP contribution in [0.25, 0.3) is 0 Å². The lowest BCUT2D eigenvalue weighted by atomic mass is 9.90. The lowest BCUT2D eigenvalue weighted by Gasteiger charge is -2.24. The molecule has 0 radical (unpaired) electrons. The van der Waals surface area contributed by atoms with E-state index in [1.165, 1.54) is 0 Å². The summed E-state index contributed by atoms with van der Waals surface area (Å²) in [5.41, 5.74) is 6.41. The number of aliphatic hydroxyl groups is 1. The Balaban J connectivity index is 2.96. The van der Waals surface area contributed by atoms with Crippen molar-refractivity contribution in [3.63, 3.8) is 0 Å². The molecule has 1 unspecified atom stereocenters. The first-order valence-corrected chi connectivity index (χ1v) is 5.71. The second-order valence-electron chi connectivity index (χ2n) is 3.97. The average Bonchev–Trinajstić information content (AvgIpc) is 2.21. The van der Waals surface area contributed by atoms with E-state index in [2.05, 4.69) is 0 Å². The van der Waals surface area contributed by atoms with Crippen LogP contribution in [0.15, 0.2) is 18.2 Å². The number of nitrogens with two attached hydrogens (primary N) is 1. The lowest BCUT2D eigenvalue weighted by Crippen LogP contribution is -2.33. The monoisotopic (exact) mass is 243 g/mol. The van der Waals surface area contributed by atoms with E-state index >= 15 is 0 Å². The van der Waals surface area contributed by atoms with Gasteiger partial charge in [-0.15, -0.1) is 0 Å². The van der Waals surface area contributed by atoms with Gasteiger partial charge in [-0.05, 0) is 38.0 Å². The van der Waals surface area contributed by atoms with E-state index in [-0.39, 0.29) is 6.61 Å². The standard InChI is InChI=1S/C12H18ClNO2/c1-3-16-11-5-4-9(8-10(11)13)12(2,14)6-7-15/h4-5,8,15H,3,6-7,14H2,1-2H3. The molecule has 0 aliphatic heterocycles. The number of benzene rings is 1. The SMILES string of the molecule is CCOc1ccc(C(C)(N)CCO)cc1Cl. The van der Waals surface area contributed by atoms with Gasteiger partial charge in [0.25, 0.3) is 0 Å². The molecule has 0 aromatic heterocycles. The fourth-order valence-corrected chi connectivity index (χ4v) is 1.74. The molecule has 1 aromatic rings. The Morgan fingerprint density at radius 1 is 1.50 bits per heavy atom. The van der Waals surface area contributed by atoms with Crippen molar-refractivity contribution in [3.8, 4) is 5.75 Å². The molecule has 4 heteroatoms. The van der Waals surface area contributed by atoms with Crippen LogP contribution in [0.3, 0.4) is 0 Å². The largest absolute Gasteiger partial charge is 0.492 e. The molecule has 0 aliphatic carbocycles. The molecule has 0 bridgehead atoms. The highest BCUT2D eigenvalue weighted by molar-refractivity contribution is 6.32. The third-order valence-electron chi connectivity index (χ3n) is 2.52. The lowest BCUT2D eigenvalue weighted by molar-refractivity contribution is 0.247. The van der Waals surface area contributed by atoms with Gasteiger partial charge in [0.05, 0.1) is 11.6 Å². The van der Waals surface area contributed by atoms with Gasteiger partial charge < -0.3 is 15.6 Å². The number of hydrogen-bond acceptors (Lipinski definition) is 3. The predicted octanol–water partition coefficient (Wildman–Crippen LogP) is 2.29. The fraction of sp³-hybridized carbons (Fsp3) is 0.500. The molecule has 0 amide bonds. The predicted molar refractivity (Wildman–Crippen MR) is 65.9 cm³/mol. The maximum absolute atomic E-state index is 8.93. The fourth-order valence-electron chi connectivity index (χ4n) is 1.51. The van der Waals surface area contributed by atoms with E-state index in [9.17, 15) is 0 Å². The molecule has 0 aliphatic rings. The average molecular weight is 244 g/mol. The van der Waals surface area contributed by atoms with Crippen LogP contribution in [0.5, 0.6) is 5.75 Å². The van der Waals surface area contributed by atoms with Gasteiger partial charge in [0.2, 0.25) is 0 Å². The maximum atomic E-state index is 8.93. The van der Waals surface area contributed by atoms with Crippen LogP contribution < -0.4 is 10.5 Å². The van der Waals surface area contributed by atoms with Crippen LogP contribution >= 0.6 is 11.6 Å². The molecular formula is C12H18ClNO2. The van der Waals surface area contributed by atoms with E-state index in [0.717, 1.165) is 5.56 Å².